The van der Waals surface area contributed by atoms with Crippen LogP contribution in [0.15, 0.2) is 48.8 Å². The average Bonchev–Trinajstić information content (AvgIpc) is 2.54. The SMILES string of the molecule is CCOC(=O)CCc1ccc(C(C)c2cccnc2)cc1. The van der Waals surface area contributed by atoms with E-state index in [1.807, 2.05) is 19.2 Å². The van der Waals surface area contributed by atoms with Gasteiger partial charge in [0.25, 0.3) is 0 Å². The molecule has 0 saturated heterocycles. The first-order valence-electron chi connectivity index (χ1n) is 7.35. The molecule has 0 bridgehead atoms. The van der Waals surface area contributed by atoms with Crippen molar-refractivity contribution in [2.24, 2.45) is 0 Å². The van der Waals surface area contributed by atoms with Gasteiger partial charge in [-0.2, -0.15) is 0 Å². The van der Waals surface area contributed by atoms with Crippen molar-refractivity contribution in [1.82, 2.24) is 4.98 Å². The number of hydrogen-bond acceptors (Lipinski definition) is 3. The molecule has 1 aromatic heterocycles. The number of carbonyl (C=O) groups excluding carboxylic acids is 1. The van der Waals surface area contributed by atoms with Gasteiger partial charge >= 0.3 is 5.97 Å². The van der Waals surface area contributed by atoms with E-state index in [9.17, 15) is 4.79 Å². The second kappa shape index (κ2) is 7.58. The lowest BCUT2D eigenvalue weighted by molar-refractivity contribution is -0.143. The molecule has 0 fully saturated rings. The van der Waals surface area contributed by atoms with Gasteiger partial charge in [-0.1, -0.05) is 37.3 Å². The molecule has 0 amide bonds. The van der Waals surface area contributed by atoms with Crippen molar-refractivity contribution in [1.29, 1.82) is 0 Å². The molecular weight excluding hydrogens is 262 g/mol. The fourth-order valence-electron chi connectivity index (χ4n) is 2.28. The Bertz CT molecular complexity index is 564. The number of benzene rings is 1. The highest BCUT2D eigenvalue weighted by atomic mass is 16.5. The monoisotopic (exact) mass is 283 g/mol. The van der Waals surface area contributed by atoms with E-state index in [-0.39, 0.29) is 5.97 Å². The second-order valence-electron chi connectivity index (χ2n) is 5.05. The van der Waals surface area contributed by atoms with Gasteiger partial charge in [-0.05, 0) is 36.1 Å². The molecule has 1 atom stereocenters. The third-order valence-corrected chi connectivity index (χ3v) is 3.59. The lowest BCUT2D eigenvalue weighted by Crippen LogP contribution is -2.05. The fourth-order valence-corrected chi connectivity index (χ4v) is 2.28. The Labute approximate surface area is 126 Å². The molecule has 2 rings (SSSR count). The third kappa shape index (κ3) is 4.42. The molecule has 1 aromatic carbocycles. The number of rotatable bonds is 6. The summed E-state index contributed by atoms with van der Waals surface area (Å²) in [5.41, 5.74) is 3.62. The molecule has 1 heterocycles. The van der Waals surface area contributed by atoms with Crippen LogP contribution in [0, 0.1) is 0 Å². The van der Waals surface area contributed by atoms with Crippen LogP contribution in [0.4, 0.5) is 0 Å². The number of nitrogens with zero attached hydrogens (tertiary/aromatic N) is 1. The van der Waals surface area contributed by atoms with Crippen LogP contribution in [0.25, 0.3) is 0 Å². The highest BCUT2D eigenvalue weighted by Gasteiger charge is 2.08. The fraction of sp³-hybridized carbons (Fsp3) is 0.333. The van der Waals surface area contributed by atoms with Gasteiger partial charge in [0.05, 0.1) is 6.61 Å². The zero-order chi connectivity index (χ0) is 15.1. The molecule has 3 heteroatoms. The predicted molar refractivity (Wildman–Crippen MR) is 83.2 cm³/mol. The molecule has 0 saturated carbocycles. The summed E-state index contributed by atoms with van der Waals surface area (Å²) in [6.07, 6.45) is 4.85. The van der Waals surface area contributed by atoms with Crippen LogP contribution in [0.1, 0.15) is 42.9 Å². The molecule has 0 spiro atoms. The number of esters is 1. The van der Waals surface area contributed by atoms with Crippen molar-refractivity contribution in [2.75, 3.05) is 6.61 Å². The minimum atomic E-state index is -0.134. The average molecular weight is 283 g/mol. The smallest absolute Gasteiger partial charge is 0.306 e. The Morgan fingerprint density at radius 1 is 1.19 bits per heavy atom. The number of ether oxygens (including phenoxy) is 1. The number of carbonyl (C=O) groups is 1. The van der Waals surface area contributed by atoms with E-state index in [1.165, 1.54) is 11.1 Å². The Kier molecular flexibility index (Phi) is 5.50. The molecule has 2 aromatic rings. The Hall–Kier alpha value is -2.16. The maximum Gasteiger partial charge on any atom is 0.306 e. The van der Waals surface area contributed by atoms with Gasteiger partial charge in [-0.25, -0.2) is 0 Å². The third-order valence-electron chi connectivity index (χ3n) is 3.59. The van der Waals surface area contributed by atoms with Gasteiger partial charge in [-0.3, -0.25) is 9.78 Å². The molecule has 21 heavy (non-hydrogen) atoms. The maximum absolute atomic E-state index is 11.3. The lowest BCUT2D eigenvalue weighted by Gasteiger charge is -2.12. The van der Waals surface area contributed by atoms with Crippen LogP contribution in [-0.2, 0) is 16.0 Å². The Morgan fingerprint density at radius 2 is 1.95 bits per heavy atom. The van der Waals surface area contributed by atoms with Crippen molar-refractivity contribution in [3.8, 4) is 0 Å². The zero-order valence-electron chi connectivity index (χ0n) is 12.6. The highest BCUT2D eigenvalue weighted by molar-refractivity contribution is 5.69. The van der Waals surface area contributed by atoms with Gasteiger partial charge < -0.3 is 4.74 Å². The molecule has 3 nitrogen and oxygen atoms in total. The normalized spacial score (nSPS) is 11.9. The minimum Gasteiger partial charge on any atom is -0.466 e. The summed E-state index contributed by atoms with van der Waals surface area (Å²) in [6.45, 7) is 4.44. The van der Waals surface area contributed by atoms with E-state index in [0.29, 0.717) is 18.9 Å². The van der Waals surface area contributed by atoms with Crippen molar-refractivity contribution in [3.63, 3.8) is 0 Å². The van der Waals surface area contributed by atoms with E-state index >= 15 is 0 Å². The molecule has 1 unspecified atom stereocenters. The van der Waals surface area contributed by atoms with Gasteiger partial charge in [0, 0.05) is 24.7 Å². The Morgan fingerprint density at radius 3 is 2.57 bits per heavy atom. The van der Waals surface area contributed by atoms with E-state index in [4.69, 9.17) is 4.74 Å². The van der Waals surface area contributed by atoms with Crippen molar-refractivity contribution in [3.05, 3.63) is 65.5 Å². The molecular formula is C18H21NO2. The molecule has 0 radical (unpaired) electrons. The first-order valence-corrected chi connectivity index (χ1v) is 7.35. The van der Waals surface area contributed by atoms with E-state index in [1.54, 1.807) is 6.20 Å². The van der Waals surface area contributed by atoms with Gasteiger partial charge in [0.15, 0.2) is 0 Å². The van der Waals surface area contributed by atoms with E-state index in [2.05, 4.69) is 42.2 Å². The largest absolute Gasteiger partial charge is 0.466 e. The van der Waals surface area contributed by atoms with Crippen LogP contribution in [0.5, 0.6) is 0 Å². The van der Waals surface area contributed by atoms with Crippen molar-refractivity contribution < 1.29 is 9.53 Å². The van der Waals surface area contributed by atoms with E-state index in [0.717, 1.165) is 12.0 Å². The molecule has 0 aliphatic heterocycles. The number of hydrogen-bond donors (Lipinski definition) is 0. The minimum absolute atomic E-state index is 0.134. The maximum atomic E-state index is 11.3. The zero-order valence-corrected chi connectivity index (χ0v) is 12.6. The van der Waals surface area contributed by atoms with Crippen LogP contribution < -0.4 is 0 Å². The topological polar surface area (TPSA) is 39.2 Å². The summed E-state index contributed by atoms with van der Waals surface area (Å²) in [5, 5.41) is 0. The number of aromatic nitrogens is 1. The van der Waals surface area contributed by atoms with Gasteiger partial charge in [0.2, 0.25) is 0 Å². The standard InChI is InChI=1S/C18H21NO2/c1-3-21-18(20)11-8-15-6-9-16(10-7-15)14(2)17-5-4-12-19-13-17/h4-7,9-10,12-14H,3,8,11H2,1-2H3. The van der Waals surface area contributed by atoms with Crippen LogP contribution in [0.3, 0.4) is 0 Å². The van der Waals surface area contributed by atoms with E-state index < -0.39 is 0 Å². The summed E-state index contributed by atoms with van der Waals surface area (Å²) in [5.74, 6) is 0.183. The summed E-state index contributed by atoms with van der Waals surface area (Å²) < 4.78 is 4.94. The number of aryl methyl sites for hydroxylation is 1. The van der Waals surface area contributed by atoms with Crippen molar-refractivity contribution >= 4 is 5.97 Å². The van der Waals surface area contributed by atoms with Gasteiger partial charge in [0.1, 0.15) is 0 Å². The summed E-state index contributed by atoms with van der Waals surface area (Å²) >= 11 is 0. The van der Waals surface area contributed by atoms with Crippen molar-refractivity contribution in [2.45, 2.75) is 32.6 Å². The second-order valence-corrected chi connectivity index (χ2v) is 5.05. The first kappa shape index (κ1) is 15.2. The molecule has 110 valence electrons. The Balaban J connectivity index is 1.97. The molecule has 0 aliphatic rings. The molecule has 0 N–H and O–H groups in total. The summed E-state index contributed by atoms with van der Waals surface area (Å²) in [6, 6.07) is 12.5. The highest BCUT2D eigenvalue weighted by Crippen LogP contribution is 2.23. The van der Waals surface area contributed by atoms with Crippen LogP contribution >= 0.6 is 0 Å². The van der Waals surface area contributed by atoms with Crippen LogP contribution in [-0.4, -0.2) is 17.6 Å². The quantitative estimate of drug-likeness (QED) is 0.758. The summed E-state index contributed by atoms with van der Waals surface area (Å²) in [4.78, 5) is 15.5. The predicted octanol–water partition coefficient (Wildman–Crippen LogP) is 3.73. The first-order chi connectivity index (χ1) is 10.2. The molecule has 0 aliphatic carbocycles. The lowest BCUT2D eigenvalue weighted by atomic mass is 9.93. The summed E-state index contributed by atoms with van der Waals surface area (Å²) in [7, 11) is 0. The number of pyridine rings is 1. The van der Waals surface area contributed by atoms with Crippen LogP contribution in [0.2, 0.25) is 0 Å². The van der Waals surface area contributed by atoms with Gasteiger partial charge in [-0.15, -0.1) is 0 Å².